The van der Waals surface area contributed by atoms with Gasteiger partial charge in [-0.15, -0.1) is 11.6 Å². The number of hydrogen-bond acceptors (Lipinski definition) is 2. The van der Waals surface area contributed by atoms with Gasteiger partial charge >= 0.3 is 0 Å². The Balaban J connectivity index is 2.49. The van der Waals surface area contributed by atoms with Crippen molar-refractivity contribution in [3.8, 4) is 0 Å². The monoisotopic (exact) mass is 245 g/mol. The minimum absolute atomic E-state index is 0.367. The van der Waals surface area contributed by atoms with Gasteiger partial charge in [-0.2, -0.15) is 5.10 Å². The number of nitrogens with zero attached hydrogens (tertiary/aromatic N) is 3. The molecule has 0 N–H and O–H groups in total. The molecule has 0 fully saturated rings. The maximum Gasteiger partial charge on any atom is 0.145 e. The van der Waals surface area contributed by atoms with Gasteiger partial charge in [0.25, 0.3) is 0 Å². The summed E-state index contributed by atoms with van der Waals surface area (Å²) in [6, 6.07) is 10.2. The van der Waals surface area contributed by atoms with E-state index in [1.807, 2.05) is 22.7 Å². The van der Waals surface area contributed by atoms with E-state index in [0.717, 1.165) is 34.4 Å². The van der Waals surface area contributed by atoms with Crippen molar-refractivity contribution in [2.24, 2.45) is 0 Å². The van der Waals surface area contributed by atoms with Crippen LogP contribution < -0.4 is 0 Å². The number of hydrogen-bond donors (Lipinski definition) is 0. The van der Waals surface area contributed by atoms with E-state index in [4.69, 9.17) is 11.6 Å². The van der Waals surface area contributed by atoms with Gasteiger partial charge in [0.15, 0.2) is 0 Å². The molecule has 86 valence electrons. The Bertz CT molecular complexity index is 688. The molecular weight excluding hydrogens is 234 g/mol. The van der Waals surface area contributed by atoms with Crippen LogP contribution in [0.1, 0.15) is 18.4 Å². The fraction of sp³-hybridized carbons (Fsp3) is 0.231. The number of benzene rings is 1. The van der Waals surface area contributed by atoms with Crippen LogP contribution in [0.25, 0.3) is 16.4 Å². The summed E-state index contributed by atoms with van der Waals surface area (Å²) < 4.78 is 1.86. The van der Waals surface area contributed by atoms with Crippen LogP contribution in [-0.4, -0.2) is 14.6 Å². The molecule has 2 aromatic heterocycles. The van der Waals surface area contributed by atoms with Crippen molar-refractivity contribution in [1.82, 2.24) is 14.6 Å². The summed E-state index contributed by atoms with van der Waals surface area (Å²) in [4.78, 5) is 4.54. The van der Waals surface area contributed by atoms with E-state index in [2.05, 4.69) is 29.1 Å². The van der Waals surface area contributed by atoms with Crippen molar-refractivity contribution in [3.05, 3.63) is 41.9 Å². The lowest BCUT2D eigenvalue weighted by atomic mass is 10.2. The minimum atomic E-state index is 0.367. The quantitative estimate of drug-likeness (QED) is 0.649. The molecule has 0 bridgehead atoms. The van der Waals surface area contributed by atoms with E-state index in [1.165, 1.54) is 0 Å². The summed E-state index contributed by atoms with van der Waals surface area (Å²) in [5.41, 5.74) is 3.12. The second-order valence-corrected chi connectivity index (χ2v) is 4.23. The van der Waals surface area contributed by atoms with Crippen molar-refractivity contribution in [3.63, 3.8) is 0 Å². The third-order valence-electron chi connectivity index (χ3n) is 2.92. The minimum Gasteiger partial charge on any atom is -0.232 e. The molecule has 1 aromatic carbocycles. The summed E-state index contributed by atoms with van der Waals surface area (Å²) in [5, 5.41) is 5.64. The van der Waals surface area contributed by atoms with Gasteiger partial charge in [0.2, 0.25) is 0 Å². The first kappa shape index (κ1) is 10.5. The van der Waals surface area contributed by atoms with Crippen molar-refractivity contribution in [2.45, 2.75) is 19.2 Å². The van der Waals surface area contributed by atoms with Crippen molar-refractivity contribution < 1.29 is 0 Å². The van der Waals surface area contributed by atoms with E-state index in [9.17, 15) is 0 Å². The number of halogens is 1. The largest absolute Gasteiger partial charge is 0.232 e. The first-order chi connectivity index (χ1) is 8.33. The van der Waals surface area contributed by atoms with Gasteiger partial charge in [0.1, 0.15) is 5.82 Å². The van der Waals surface area contributed by atoms with Crippen LogP contribution >= 0.6 is 11.6 Å². The molecule has 17 heavy (non-hydrogen) atoms. The topological polar surface area (TPSA) is 30.2 Å². The first-order valence-corrected chi connectivity index (χ1v) is 6.19. The van der Waals surface area contributed by atoms with E-state index >= 15 is 0 Å². The van der Waals surface area contributed by atoms with Gasteiger partial charge in [-0.3, -0.25) is 0 Å². The van der Waals surface area contributed by atoms with Crippen LogP contribution in [0.3, 0.4) is 0 Å². The Hall–Kier alpha value is -1.61. The molecule has 0 radical (unpaired) electrons. The number of alkyl halides is 1. The molecule has 0 aliphatic rings. The lowest BCUT2D eigenvalue weighted by molar-refractivity contribution is 0.833. The van der Waals surface area contributed by atoms with Crippen molar-refractivity contribution in [1.29, 1.82) is 0 Å². The molecular formula is C13H12ClN3. The standard InChI is InChI=1S/C13H12ClN3/c1-2-9-7-12-10-5-3-4-6-11(10)15-13(8-14)17(12)16-9/h3-7H,2,8H2,1H3. The molecule has 3 nitrogen and oxygen atoms in total. The third kappa shape index (κ3) is 1.58. The highest BCUT2D eigenvalue weighted by Crippen LogP contribution is 2.21. The number of rotatable bonds is 2. The number of aryl methyl sites for hydroxylation is 1. The molecule has 0 spiro atoms. The second kappa shape index (κ2) is 4.00. The Kier molecular flexibility index (Phi) is 2.48. The normalized spacial score (nSPS) is 11.4. The molecule has 0 aliphatic heterocycles. The molecule has 4 heteroatoms. The van der Waals surface area contributed by atoms with Crippen LogP contribution in [0.2, 0.25) is 0 Å². The Morgan fingerprint density at radius 2 is 2.12 bits per heavy atom. The van der Waals surface area contributed by atoms with Crippen LogP contribution in [0.5, 0.6) is 0 Å². The van der Waals surface area contributed by atoms with Crippen LogP contribution in [0, 0.1) is 0 Å². The zero-order valence-electron chi connectivity index (χ0n) is 9.52. The SMILES string of the molecule is CCc1cc2c3ccccc3nc(CCl)n2n1. The lowest BCUT2D eigenvalue weighted by Gasteiger charge is -2.04. The molecule has 0 amide bonds. The van der Waals surface area contributed by atoms with Crippen LogP contribution in [-0.2, 0) is 12.3 Å². The van der Waals surface area contributed by atoms with Crippen LogP contribution in [0.4, 0.5) is 0 Å². The maximum absolute atomic E-state index is 5.94. The average molecular weight is 246 g/mol. The Labute approximate surface area is 104 Å². The molecule has 3 aromatic rings. The maximum atomic E-state index is 5.94. The molecule has 3 rings (SSSR count). The molecule has 2 heterocycles. The highest BCUT2D eigenvalue weighted by atomic mass is 35.5. The zero-order chi connectivity index (χ0) is 11.8. The lowest BCUT2D eigenvalue weighted by Crippen LogP contribution is -2.01. The van der Waals surface area contributed by atoms with Gasteiger partial charge < -0.3 is 0 Å². The van der Waals surface area contributed by atoms with E-state index < -0.39 is 0 Å². The summed E-state index contributed by atoms with van der Waals surface area (Å²) in [6.45, 7) is 2.10. The van der Waals surface area contributed by atoms with Gasteiger partial charge in [-0.05, 0) is 18.6 Å². The predicted octanol–water partition coefficient (Wildman–Crippen LogP) is 3.18. The Morgan fingerprint density at radius 1 is 1.29 bits per heavy atom. The molecule has 0 aliphatic carbocycles. The van der Waals surface area contributed by atoms with Crippen molar-refractivity contribution in [2.75, 3.05) is 0 Å². The smallest absolute Gasteiger partial charge is 0.145 e. The Morgan fingerprint density at radius 3 is 2.88 bits per heavy atom. The summed E-state index contributed by atoms with van der Waals surface area (Å²) in [7, 11) is 0. The number of para-hydroxylation sites is 1. The summed E-state index contributed by atoms with van der Waals surface area (Å²) in [5.74, 6) is 1.16. The summed E-state index contributed by atoms with van der Waals surface area (Å²) >= 11 is 5.94. The van der Waals surface area contributed by atoms with E-state index in [0.29, 0.717) is 5.88 Å². The van der Waals surface area contributed by atoms with Crippen LogP contribution in [0.15, 0.2) is 30.3 Å². The predicted molar refractivity (Wildman–Crippen MR) is 69.4 cm³/mol. The van der Waals surface area contributed by atoms with Gasteiger partial charge in [-0.25, -0.2) is 9.50 Å². The highest BCUT2D eigenvalue weighted by Gasteiger charge is 2.09. The van der Waals surface area contributed by atoms with Crippen molar-refractivity contribution >= 4 is 28.0 Å². The van der Waals surface area contributed by atoms with E-state index in [-0.39, 0.29) is 0 Å². The molecule has 0 saturated heterocycles. The number of aromatic nitrogens is 3. The summed E-state index contributed by atoms with van der Waals surface area (Å²) in [6.07, 6.45) is 0.914. The molecule has 0 saturated carbocycles. The molecule has 0 atom stereocenters. The second-order valence-electron chi connectivity index (χ2n) is 3.97. The molecule has 0 unspecified atom stereocenters. The fourth-order valence-corrected chi connectivity index (χ4v) is 2.23. The number of fused-ring (bicyclic) bond motifs is 3. The first-order valence-electron chi connectivity index (χ1n) is 5.65. The van der Waals surface area contributed by atoms with Gasteiger partial charge in [0, 0.05) is 5.39 Å². The fourth-order valence-electron chi connectivity index (χ4n) is 2.05. The van der Waals surface area contributed by atoms with E-state index in [1.54, 1.807) is 0 Å². The third-order valence-corrected chi connectivity index (χ3v) is 3.15. The zero-order valence-corrected chi connectivity index (χ0v) is 10.3. The highest BCUT2D eigenvalue weighted by molar-refractivity contribution is 6.16. The van der Waals surface area contributed by atoms with Gasteiger partial charge in [0.05, 0.1) is 22.6 Å². The van der Waals surface area contributed by atoms with Gasteiger partial charge in [-0.1, -0.05) is 25.1 Å². The average Bonchev–Trinajstić information content (AvgIpc) is 2.82.